The highest BCUT2D eigenvalue weighted by Gasteiger charge is 2.16. The van der Waals surface area contributed by atoms with E-state index in [2.05, 4.69) is 0 Å². The lowest BCUT2D eigenvalue weighted by Gasteiger charge is -2.20. The number of hydrogen-bond acceptors (Lipinski definition) is 5. The SMILES string of the molecule is CC(=O)/C(N)=C(\N)N(N)c1cccc(Cl)c1F. The lowest BCUT2D eigenvalue weighted by atomic mass is 10.2. The number of carbonyl (C=O) groups excluding carboxylic acids is 1. The van der Waals surface area contributed by atoms with Gasteiger partial charge in [0.2, 0.25) is 0 Å². The van der Waals surface area contributed by atoms with Crippen LogP contribution in [0.2, 0.25) is 5.02 Å². The average molecular weight is 259 g/mol. The first-order valence-electron chi connectivity index (χ1n) is 4.61. The molecule has 1 aromatic carbocycles. The summed E-state index contributed by atoms with van der Waals surface area (Å²) in [4.78, 5) is 11.0. The van der Waals surface area contributed by atoms with E-state index >= 15 is 0 Å². The summed E-state index contributed by atoms with van der Waals surface area (Å²) in [5, 5.41) is 0.671. The fraction of sp³-hybridized carbons (Fsp3) is 0.100. The van der Waals surface area contributed by atoms with Crippen molar-refractivity contribution in [3.8, 4) is 0 Å². The molecule has 0 saturated carbocycles. The van der Waals surface area contributed by atoms with Gasteiger partial charge in [-0.25, -0.2) is 10.2 Å². The predicted octanol–water partition coefficient (Wildman–Crippen LogP) is 0.835. The molecule has 0 aliphatic heterocycles. The average Bonchev–Trinajstić information content (AvgIpc) is 2.29. The van der Waals surface area contributed by atoms with Crippen LogP contribution in [0, 0.1) is 5.82 Å². The Hall–Kier alpha value is -1.79. The van der Waals surface area contributed by atoms with Crippen LogP contribution in [0.1, 0.15) is 6.92 Å². The van der Waals surface area contributed by atoms with Crippen LogP contribution >= 0.6 is 11.6 Å². The molecule has 1 aromatic rings. The van der Waals surface area contributed by atoms with Gasteiger partial charge in [-0.2, -0.15) is 0 Å². The topological polar surface area (TPSA) is 98.4 Å². The van der Waals surface area contributed by atoms with Gasteiger partial charge in [0.25, 0.3) is 0 Å². The van der Waals surface area contributed by atoms with Gasteiger partial charge in [0.15, 0.2) is 11.6 Å². The van der Waals surface area contributed by atoms with Gasteiger partial charge in [-0.3, -0.25) is 9.80 Å². The fourth-order valence-electron chi connectivity index (χ4n) is 1.12. The third kappa shape index (κ3) is 2.66. The minimum Gasteiger partial charge on any atom is -0.393 e. The number of anilines is 1. The van der Waals surface area contributed by atoms with Gasteiger partial charge in [0, 0.05) is 6.92 Å². The number of allylic oxidation sites excluding steroid dienone is 1. The minimum absolute atomic E-state index is 0.0702. The quantitative estimate of drug-likeness (QED) is 0.424. The highest BCUT2D eigenvalue weighted by molar-refractivity contribution is 6.31. The lowest BCUT2D eigenvalue weighted by Crippen LogP contribution is -2.38. The van der Waals surface area contributed by atoms with E-state index < -0.39 is 11.6 Å². The van der Waals surface area contributed by atoms with Gasteiger partial charge in [0.05, 0.1) is 10.7 Å². The summed E-state index contributed by atoms with van der Waals surface area (Å²) in [6.07, 6.45) is 0. The molecule has 0 heterocycles. The Labute approximate surface area is 103 Å². The summed E-state index contributed by atoms with van der Waals surface area (Å²) in [6.45, 7) is 1.23. The normalized spacial score (nSPS) is 12.0. The monoisotopic (exact) mass is 258 g/mol. The third-order valence-corrected chi connectivity index (χ3v) is 2.40. The van der Waals surface area contributed by atoms with E-state index in [-0.39, 0.29) is 22.2 Å². The van der Waals surface area contributed by atoms with Gasteiger partial charge in [0.1, 0.15) is 11.5 Å². The van der Waals surface area contributed by atoms with Crippen molar-refractivity contribution in [2.75, 3.05) is 5.01 Å². The van der Waals surface area contributed by atoms with E-state index in [1.807, 2.05) is 0 Å². The highest BCUT2D eigenvalue weighted by Crippen LogP contribution is 2.25. The summed E-state index contributed by atoms with van der Waals surface area (Å²) in [5.41, 5.74) is 10.6. The zero-order chi connectivity index (χ0) is 13.2. The molecule has 0 saturated heterocycles. The molecule has 0 radical (unpaired) electrons. The second-order valence-electron chi connectivity index (χ2n) is 3.30. The van der Waals surface area contributed by atoms with E-state index in [1.54, 1.807) is 0 Å². The molecule has 7 heteroatoms. The van der Waals surface area contributed by atoms with Crippen molar-refractivity contribution in [2.24, 2.45) is 17.3 Å². The fourth-order valence-corrected chi connectivity index (χ4v) is 1.29. The van der Waals surface area contributed by atoms with Crippen molar-refractivity contribution in [1.82, 2.24) is 0 Å². The van der Waals surface area contributed by atoms with Gasteiger partial charge < -0.3 is 11.5 Å². The molecule has 0 unspecified atom stereocenters. The van der Waals surface area contributed by atoms with Crippen molar-refractivity contribution in [1.29, 1.82) is 0 Å². The summed E-state index contributed by atoms with van der Waals surface area (Å²) >= 11 is 5.59. The van der Waals surface area contributed by atoms with E-state index in [4.69, 9.17) is 28.9 Å². The number of halogens is 2. The number of benzene rings is 1. The first-order chi connectivity index (χ1) is 7.86. The largest absolute Gasteiger partial charge is 0.393 e. The molecule has 5 nitrogen and oxygen atoms in total. The Morgan fingerprint density at radius 1 is 1.41 bits per heavy atom. The number of nitrogens with zero attached hydrogens (tertiary/aromatic N) is 1. The van der Waals surface area contributed by atoms with Crippen molar-refractivity contribution in [3.05, 3.63) is 40.6 Å². The van der Waals surface area contributed by atoms with E-state index in [0.29, 0.717) is 0 Å². The summed E-state index contributed by atoms with van der Waals surface area (Å²) in [7, 11) is 0. The lowest BCUT2D eigenvalue weighted by molar-refractivity contribution is -0.113. The second-order valence-corrected chi connectivity index (χ2v) is 3.71. The first kappa shape index (κ1) is 13.3. The standard InChI is InChI=1S/C10H12ClFN4O/c1-5(17)9(13)10(14)16(15)7-4-2-3-6(11)8(7)12/h2-4H,13-15H2,1H3/b10-9-. The Morgan fingerprint density at radius 3 is 2.53 bits per heavy atom. The number of rotatable bonds is 3. The van der Waals surface area contributed by atoms with E-state index in [1.165, 1.54) is 25.1 Å². The smallest absolute Gasteiger partial charge is 0.179 e. The van der Waals surface area contributed by atoms with Gasteiger partial charge >= 0.3 is 0 Å². The van der Waals surface area contributed by atoms with Crippen LogP contribution in [0.5, 0.6) is 0 Å². The maximum atomic E-state index is 13.6. The molecule has 0 atom stereocenters. The van der Waals surface area contributed by atoms with Crippen molar-refractivity contribution < 1.29 is 9.18 Å². The maximum absolute atomic E-state index is 13.6. The van der Waals surface area contributed by atoms with Gasteiger partial charge in [-0.05, 0) is 12.1 Å². The van der Waals surface area contributed by atoms with Crippen LogP contribution in [0.25, 0.3) is 0 Å². The molecule has 0 aromatic heterocycles. The van der Waals surface area contributed by atoms with Crippen LogP contribution in [-0.2, 0) is 4.79 Å². The molecule has 0 fully saturated rings. The molecule has 0 spiro atoms. The molecule has 0 aliphatic rings. The molecule has 0 amide bonds. The number of carbonyl (C=O) groups is 1. The summed E-state index contributed by atoms with van der Waals surface area (Å²) in [5.74, 6) is 4.13. The Bertz CT molecular complexity index is 489. The molecule has 1 rings (SSSR count). The van der Waals surface area contributed by atoms with Crippen LogP contribution in [0.4, 0.5) is 10.1 Å². The minimum atomic E-state index is -0.740. The number of ketones is 1. The number of hydrogen-bond donors (Lipinski definition) is 3. The molecular formula is C10H12ClFN4O. The van der Waals surface area contributed by atoms with Crippen LogP contribution in [0.3, 0.4) is 0 Å². The number of hydrazine groups is 1. The maximum Gasteiger partial charge on any atom is 0.179 e. The summed E-state index contributed by atoms with van der Waals surface area (Å²) < 4.78 is 13.6. The summed E-state index contributed by atoms with van der Waals surface area (Å²) in [6, 6.07) is 4.22. The van der Waals surface area contributed by atoms with Crippen molar-refractivity contribution in [3.63, 3.8) is 0 Å². The number of nitrogens with two attached hydrogens (primary N) is 3. The molecule has 17 heavy (non-hydrogen) atoms. The zero-order valence-corrected chi connectivity index (χ0v) is 9.83. The van der Waals surface area contributed by atoms with Crippen LogP contribution < -0.4 is 22.3 Å². The molecule has 0 bridgehead atoms. The van der Waals surface area contributed by atoms with E-state index in [9.17, 15) is 9.18 Å². The molecule has 0 aliphatic carbocycles. The van der Waals surface area contributed by atoms with E-state index in [0.717, 1.165) is 5.01 Å². The second kappa shape index (κ2) is 5.03. The molecular weight excluding hydrogens is 247 g/mol. The molecule has 92 valence electrons. The van der Waals surface area contributed by atoms with Crippen molar-refractivity contribution >= 4 is 23.1 Å². The Balaban J connectivity index is 3.22. The van der Waals surface area contributed by atoms with Crippen molar-refractivity contribution in [2.45, 2.75) is 6.92 Å². The Kier molecular flexibility index (Phi) is 3.93. The predicted molar refractivity (Wildman–Crippen MR) is 64.2 cm³/mol. The first-order valence-corrected chi connectivity index (χ1v) is 4.99. The van der Waals surface area contributed by atoms with Gasteiger partial charge in [-0.15, -0.1) is 0 Å². The zero-order valence-electron chi connectivity index (χ0n) is 9.08. The highest BCUT2D eigenvalue weighted by atomic mass is 35.5. The number of Topliss-reactive ketones (excluding diaryl/α,β-unsaturated/α-hetero) is 1. The van der Waals surface area contributed by atoms with Crippen LogP contribution in [0.15, 0.2) is 29.7 Å². The van der Waals surface area contributed by atoms with Crippen LogP contribution in [-0.4, -0.2) is 5.78 Å². The Morgan fingerprint density at radius 2 is 2.00 bits per heavy atom. The van der Waals surface area contributed by atoms with Gasteiger partial charge in [-0.1, -0.05) is 17.7 Å². The third-order valence-electron chi connectivity index (χ3n) is 2.11. The molecule has 6 N–H and O–H groups in total.